The molecule has 0 saturated carbocycles. The van der Waals surface area contributed by atoms with Crippen LogP contribution < -0.4 is 21.2 Å². The lowest BCUT2D eigenvalue weighted by Crippen LogP contribution is -2.37. The van der Waals surface area contributed by atoms with Gasteiger partial charge in [0, 0.05) is 4.90 Å². The first-order chi connectivity index (χ1) is 22.0. The van der Waals surface area contributed by atoms with Gasteiger partial charge in [-0.1, -0.05) is 164 Å². The lowest BCUT2D eigenvalue weighted by molar-refractivity contribution is 0.796. The molecule has 4 rings (SSSR count). The van der Waals surface area contributed by atoms with Crippen molar-refractivity contribution in [2.75, 3.05) is 0 Å². The first-order valence-electron chi connectivity index (χ1n) is 17.9. The summed E-state index contributed by atoms with van der Waals surface area (Å²) in [5.74, 6) is 0. The molecule has 0 aromatic heterocycles. The molecule has 4 aromatic rings. The van der Waals surface area contributed by atoms with Gasteiger partial charge in [-0.3, -0.25) is 0 Å². The fourth-order valence-corrected chi connectivity index (χ4v) is 14.6. The molecule has 240 valence electrons. The van der Waals surface area contributed by atoms with E-state index in [0.717, 1.165) is 25.7 Å². The van der Waals surface area contributed by atoms with E-state index < -0.39 is 15.8 Å². The summed E-state index contributed by atoms with van der Waals surface area (Å²) >= 11 is 0. The Labute approximate surface area is 279 Å². The number of aryl methyl sites for hydroxylation is 4. The van der Waals surface area contributed by atoms with E-state index in [1.165, 1.54) is 51.4 Å². The van der Waals surface area contributed by atoms with Crippen molar-refractivity contribution in [3.8, 4) is 0 Å². The maximum Gasteiger partial charge on any atom is 0.0211 e. The Kier molecular flexibility index (Phi) is 14.4. The van der Waals surface area contributed by atoms with Crippen molar-refractivity contribution < 1.29 is 0 Å². The molecule has 0 unspecified atom stereocenters. The molecule has 0 saturated heterocycles. The molecule has 0 amide bonds. The van der Waals surface area contributed by atoms with Crippen LogP contribution in [0.1, 0.15) is 115 Å². The summed E-state index contributed by atoms with van der Waals surface area (Å²) < 4.78 is 0. The number of hydrogen-bond acceptors (Lipinski definition) is 0. The zero-order valence-electron chi connectivity index (χ0n) is 29.1. The van der Waals surface area contributed by atoms with Gasteiger partial charge in [0.25, 0.3) is 0 Å². The third-order valence-electron chi connectivity index (χ3n) is 9.22. The van der Waals surface area contributed by atoms with E-state index in [0.29, 0.717) is 0 Å². The first kappa shape index (κ1) is 35.6. The van der Waals surface area contributed by atoms with E-state index in [9.17, 15) is 0 Å². The average Bonchev–Trinajstić information content (AvgIpc) is 3.06. The quantitative estimate of drug-likeness (QED) is 0.0954. The largest absolute Gasteiger partial charge is 0.0654 e. The van der Waals surface area contributed by atoms with Crippen LogP contribution in [0.15, 0.2) is 97.1 Å². The second-order valence-electron chi connectivity index (χ2n) is 13.1. The number of benzene rings is 4. The third kappa shape index (κ3) is 8.97. The lowest BCUT2D eigenvalue weighted by Gasteiger charge is -2.45. The van der Waals surface area contributed by atoms with Gasteiger partial charge in [-0.25, -0.2) is 0 Å². The minimum atomic E-state index is -0.677. The summed E-state index contributed by atoms with van der Waals surface area (Å²) in [5.41, 5.74) is 6.27. The fraction of sp³-hybridized carbons (Fsp3) is 0.442. The Morgan fingerprint density at radius 2 is 0.600 bits per heavy atom. The predicted molar refractivity (Wildman–Crippen MR) is 207 cm³/mol. The van der Waals surface area contributed by atoms with Gasteiger partial charge < -0.3 is 0 Å². The maximum atomic E-state index is 2.66. The number of unbranched alkanes of at least 4 members (excludes halogenated alkanes) is 4. The minimum absolute atomic E-state index is 0.0277. The molecule has 0 N–H and O–H groups in total. The molecule has 0 aliphatic carbocycles. The molecule has 0 spiro atoms. The summed E-state index contributed by atoms with van der Waals surface area (Å²) in [5, 5.41) is 6.44. The molecular weight excluding hydrogens is 578 g/mol. The van der Waals surface area contributed by atoms with Crippen molar-refractivity contribution in [1.82, 2.24) is 0 Å². The predicted octanol–water partition coefficient (Wildman–Crippen LogP) is 11.4. The van der Waals surface area contributed by atoms with Gasteiger partial charge in [0.2, 0.25) is 0 Å². The van der Waals surface area contributed by atoms with Gasteiger partial charge in [0.05, 0.1) is 0 Å². The van der Waals surface area contributed by atoms with Gasteiger partial charge in [-0.2, -0.15) is 0 Å². The van der Waals surface area contributed by atoms with E-state index in [1.54, 1.807) is 43.5 Å². The molecule has 0 bridgehead atoms. The Hall–Kier alpha value is -2.26. The van der Waals surface area contributed by atoms with Gasteiger partial charge in [0.15, 0.2) is 0 Å². The zero-order chi connectivity index (χ0) is 32.1. The first-order valence-corrected chi connectivity index (χ1v) is 20.6. The normalized spacial score (nSPS) is 11.9. The second-order valence-corrected chi connectivity index (χ2v) is 19.0. The molecule has 0 aliphatic heterocycles. The van der Waals surface area contributed by atoms with Crippen LogP contribution in [-0.4, -0.2) is 4.90 Å². The Balaban J connectivity index is 2.05. The van der Waals surface area contributed by atoms with Crippen LogP contribution in [0.5, 0.6) is 0 Å². The molecule has 0 radical (unpaired) electrons. The topological polar surface area (TPSA) is 0 Å². The molecule has 0 fully saturated rings. The number of hydrogen-bond donors (Lipinski definition) is 0. The molecule has 0 heterocycles. The van der Waals surface area contributed by atoms with Crippen LogP contribution in [0.3, 0.4) is 0 Å². The minimum Gasteiger partial charge on any atom is -0.0654 e. The Bertz CT molecular complexity index is 1240. The van der Waals surface area contributed by atoms with Crippen LogP contribution in [0, 0.1) is 0 Å². The van der Waals surface area contributed by atoms with Crippen molar-refractivity contribution in [2.45, 2.75) is 123 Å². The molecular formula is C43H58P2. The number of rotatable bonds is 18. The highest BCUT2D eigenvalue weighted by molar-refractivity contribution is 7.91. The van der Waals surface area contributed by atoms with E-state index in [-0.39, 0.29) is 4.90 Å². The van der Waals surface area contributed by atoms with Crippen LogP contribution in [0.2, 0.25) is 0 Å². The summed E-state index contributed by atoms with van der Waals surface area (Å²) in [6, 6.07) is 38.2. The van der Waals surface area contributed by atoms with Crippen molar-refractivity contribution in [3.63, 3.8) is 0 Å². The van der Waals surface area contributed by atoms with Crippen LogP contribution >= 0.6 is 15.8 Å². The van der Waals surface area contributed by atoms with Crippen LogP contribution in [0.4, 0.5) is 0 Å². The van der Waals surface area contributed by atoms with Crippen LogP contribution in [0.25, 0.3) is 0 Å². The molecule has 2 heteroatoms. The van der Waals surface area contributed by atoms with Gasteiger partial charge in [0.1, 0.15) is 0 Å². The van der Waals surface area contributed by atoms with E-state index in [2.05, 4.69) is 139 Å². The molecule has 45 heavy (non-hydrogen) atoms. The fourth-order valence-electron chi connectivity index (χ4n) is 6.77. The Morgan fingerprint density at radius 1 is 0.378 bits per heavy atom. The second kappa shape index (κ2) is 18.2. The van der Waals surface area contributed by atoms with Crippen molar-refractivity contribution >= 4 is 37.1 Å². The van der Waals surface area contributed by atoms with E-state index in [4.69, 9.17) is 0 Å². The van der Waals surface area contributed by atoms with Gasteiger partial charge in [-0.05, 0) is 111 Å². The van der Waals surface area contributed by atoms with E-state index in [1.807, 2.05) is 0 Å². The van der Waals surface area contributed by atoms with Gasteiger partial charge >= 0.3 is 0 Å². The van der Waals surface area contributed by atoms with Crippen molar-refractivity contribution in [2.24, 2.45) is 0 Å². The monoisotopic (exact) mass is 636 g/mol. The molecule has 0 nitrogen and oxygen atoms in total. The van der Waals surface area contributed by atoms with Crippen molar-refractivity contribution in [3.05, 3.63) is 119 Å². The summed E-state index contributed by atoms with van der Waals surface area (Å²) in [7, 11) is -1.35. The standard InChI is InChI=1S/C43H58P2/c1-7-11-23-35-27-15-19-31-39(35)44(40-32-20-16-28-36(40)24-12-8-2)43(5,6)45(41-33-21-17-29-37(41)25-13-9-3)42-34-22-18-30-38(42)26-14-10-4/h15-22,27-34H,7-14,23-26H2,1-6H3. The highest BCUT2D eigenvalue weighted by Crippen LogP contribution is 2.66. The SMILES string of the molecule is CCCCc1ccccc1P(c1ccccc1CCCC)C(C)(C)P(c1ccccc1CCCC)c1ccccc1CCCC. The smallest absolute Gasteiger partial charge is 0.0211 e. The molecule has 0 atom stereocenters. The average molecular weight is 637 g/mol. The lowest BCUT2D eigenvalue weighted by atomic mass is 10.1. The van der Waals surface area contributed by atoms with Crippen LogP contribution in [-0.2, 0) is 25.7 Å². The Morgan fingerprint density at radius 3 is 0.822 bits per heavy atom. The highest BCUT2D eigenvalue weighted by atomic mass is 31.2. The maximum absolute atomic E-state index is 2.66. The van der Waals surface area contributed by atoms with E-state index >= 15 is 0 Å². The zero-order valence-corrected chi connectivity index (χ0v) is 30.9. The molecule has 0 aliphatic rings. The summed E-state index contributed by atoms with van der Waals surface area (Å²) in [6.07, 6.45) is 14.5. The summed E-state index contributed by atoms with van der Waals surface area (Å²) in [4.78, 5) is 0.0277. The van der Waals surface area contributed by atoms with Crippen molar-refractivity contribution in [1.29, 1.82) is 0 Å². The third-order valence-corrected chi connectivity index (χ3v) is 16.3. The summed E-state index contributed by atoms with van der Waals surface area (Å²) in [6.45, 7) is 14.6. The van der Waals surface area contributed by atoms with Gasteiger partial charge in [-0.15, -0.1) is 0 Å². The highest BCUT2D eigenvalue weighted by Gasteiger charge is 2.43. The molecule has 4 aromatic carbocycles.